The Hall–Kier alpha value is -2.59. The number of carbonyl (C=O) groups excluding carboxylic acids is 2. The smallest absolute Gasteiger partial charge is 0.299 e. The molecule has 0 aliphatic carbocycles. The summed E-state index contributed by atoms with van der Waals surface area (Å²) < 4.78 is 0. The van der Waals surface area contributed by atoms with Crippen molar-refractivity contribution in [2.75, 3.05) is 11.4 Å². The topological polar surface area (TPSA) is 53.2 Å². The molecule has 24 heavy (non-hydrogen) atoms. The molecule has 0 bridgehead atoms. The van der Waals surface area contributed by atoms with Crippen molar-refractivity contribution in [2.24, 2.45) is 0 Å². The number of H-pyrrole nitrogens is 1. The average Bonchev–Trinajstić information content (AvgIpc) is 2.97. The van der Waals surface area contributed by atoms with Gasteiger partial charge in [-0.05, 0) is 43.7 Å². The van der Waals surface area contributed by atoms with Crippen molar-refractivity contribution in [1.82, 2.24) is 4.98 Å². The van der Waals surface area contributed by atoms with E-state index < -0.39 is 11.7 Å². The van der Waals surface area contributed by atoms with Gasteiger partial charge in [-0.25, -0.2) is 0 Å². The van der Waals surface area contributed by atoms with Crippen LogP contribution < -0.4 is 4.90 Å². The zero-order valence-corrected chi connectivity index (χ0v) is 14.2. The van der Waals surface area contributed by atoms with Crippen LogP contribution >= 0.6 is 11.6 Å². The number of fused-ring (bicyclic) bond motifs is 1. The largest absolute Gasteiger partial charge is 0.360 e. The van der Waals surface area contributed by atoms with Gasteiger partial charge in [-0.15, -0.1) is 0 Å². The number of nitrogens with zero attached hydrogens (tertiary/aromatic N) is 1. The number of aromatic nitrogens is 1. The molecule has 0 radical (unpaired) electrons. The first-order chi connectivity index (χ1) is 11.5. The third kappa shape index (κ3) is 2.93. The van der Waals surface area contributed by atoms with Crippen LogP contribution in [0.2, 0.25) is 5.02 Å². The highest BCUT2D eigenvalue weighted by molar-refractivity contribution is 6.49. The standard InChI is InChI=1S/C19H17ClN2O2/c1-3-22(14-6-4-5-12(2)9-14)19(24)18(23)16-11-21-17-10-13(20)7-8-15(16)17/h4-11,21H,3H2,1-2H3. The zero-order chi connectivity index (χ0) is 17.3. The van der Waals surface area contributed by atoms with Gasteiger partial charge in [0, 0.05) is 34.4 Å². The number of carbonyl (C=O) groups is 2. The van der Waals surface area contributed by atoms with Crippen LogP contribution in [0.5, 0.6) is 0 Å². The number of hydrogen-bond acceptors (Lipinski definition) is 2. The van der Waals surface area contributed by atoms with Crippen molar-refractivity contribution in [3.05, 3.63) is 64.8 Å². The van der Waals surface area contributed by atoms with Crippen LogP contribution in [0.1, 0.15) is 22.8 Å². The Kier molecular flexibility index (Phi) is 4.40. The van der Waals surface area contributed by atoms with Crippen molar-refractivity contribution >= 4 is 39.9 Å². The van der Waals surface area contributed by atoms with Gasteiger partial charge in [0.2, 0.25) is 0 Å². The second-order valence-electron chi connectivity index (χ2n) is 5.61. The maximum Gasteiger partial charge on any atom is 0.299 e. The first-order valence-corrected chi connectivity index (χ1v) is 8.08. The molecular formula is C19H17ClN2O2. The van der Waals surface area contributed by atoms with E-state index in [9.17, 15) is 9.59 Å². The van der Waals surface area contributed by atoms with Crippen LogP contribution in [-0.4, -0.2) is 23.2 Å². The maximum atomic E-state index is 12.7. The molecular weight excluding hydrogens is 324 g/mol. The molecule has 2 aromatic carbocycles. The van der Waals surface area contributed by atoms with Gasteiger partial charge in [0.1, 0.15) is 0 Å². The lowest BCUT2D eigenvalue weighted by Crippen LogP contribution is -2.36. The number of anilines is 1. The van der Waals surface area contributed by atoms with E-state index in [4.69, 9.17) is 11.6 Å². The Balaban J connectivity index is 1.96. The molecule has 1 heterocycles. The molecule has 0 aliphatic heterocycles. The van der Waals surface area contributed by atoms with Crippen LogP contribution in [0.3, 0.4) is 0 Å². The SMILES string of the molecule is CCN(C(=O)C(=O)c1c[nH]c2cc(Cl)ccc12)c1cccc(C)c1. The number of hydrogen-bond donors (Lipinski definition) is 1. The third-order valence-corrected chi connectivity index (χ3v) is 4.19. The van der Waals surface area contributed by atoms with E-state index in [1.165, 1.54) is 4.90 Å². The molecule has 4 nitrogen and oxygen atoms in total. The van der Waals surface area contributed by atoms with E-state index in [1.54, 1.807) is 24.4 Å². The number of benzene rings is 2. The minimum Gasteiger partial charge on any atom is -0.360 e. The zero-order valence-electron chi connectivity index (χ0n) is 13.5. The number of ketones is 1. The van der Waals surface area contributed by atoms with Crippen LogP contribution in [0.4, 0.5) is 5.69 Å². The van der Waals surface area contributed by atoms with E-state index >= 15 is 0 Å². The van der Waals surface area contributed by atoms with Crippen molar-refractivity contribution < 1.29 is 9.59 Å². The van der Waals surface area contributed by atoms with Crippen molar-refractivity contribution in [2.45, 2.75) is 13.8 Å². The Labute approximate surface area is 145 Å². The fourth-order valence-electron chi connectivity index (χ4n) is 2.76. The van der Waals surface area contributed by atoms with Crippen molar-refractivity contribution in [3.8, 4) is 0 Å². The summed E-state index contributed by atoms with van der Waals surface area (Å²) in [4.78, 5) is 29.9. The van der Waals surface area contributed by atoms with Gasteiger partial charge in [-0.3, -0.25) is 9.59 Å². The second-order valence-corrected chi connectivity index (χ2v) is 6.05. The van der Waals surface area contributed by atoms with Crippen LogP contribution in [-0.2, 0) is 4.79 Å². The highest BCUT2D eigenvalue weighted by Gasteiger charge is 2.25. The van der Waals surface area contributed by atoms with E-state index in [-0.39, 0.29) is 0 Å². The number of nitrogens with one attached hydrogen (secondary N) is 1. The summed E-state index contributed by atoms with van der Waals surface area (Å²) in [6, 6.07) is 12.7. The molecule has 0 spiro atoms. The molecule has 0 atom stereocenters. The van der Waals surface area contributed by atoms with Gasteiger partial charge >= 0.3 is 0 Å². The Morgan fingerprint density at radius 1 is 1.17 bits per heavy atom. The Bertz CT molecular complexity index is 930. The fourth-order valence-corrected chi connectivity index (χ4v) is 2.94. The molecule has 0 unspecified atom stereocenters. The minimum absolute atomic E-state index is 0.359. The predicted octanol–water partition coefficient (Wildman–Crippen LogP) is 4.37. The van der Waals surface area contributed by atoms with Gasteiger partial charge in [0.25, 0.3) is 11.7 Å². The molecule has 0 saturated heterocycles. The third-order valence-electron chi connectivity index (χ3n) is 3.96. The molecule has 3 aromatic rings. The van der Waals surface area contributed by atoms with E-state index in [1.807, 2.05) is 38.1 Å². The van der Waals surface area contributed by atoms with Gasteiger partial charge < -0.3 is 9.88 Å². The maximum absolute atomic E-state index is 12.7. The summed E-state index contributed by atoms with van der Waals surface area (Å²) in [5.74, 6) is -1.08. The molecule has 0 aliphatic rings. The molecule has 1 amide bonds. The van der Waals surface area contributed by atoms with E-state index in [0.29, 0.717) is 22.5 Å². The number of aromatic amines is 1. The number of rotatable bonds is 4. The molecule has 122 valence electrons. The number of Topliss-reactive ketones (excluding diaryl/α,β-unsaturated/α-hetero) is 1. The lowest BCUT2D eigenvalue weighted by atomic mass is 10.1. The Morgan fingerprint density at radius 3 is 2.67 bits per heavy atom. The first kappa shape index (κ1) is 16.3. The predicted molar refractivity (Wildman–Crippen MR) is 96.8 cm³/mol. The quantitative estimate of drug-likeness (QED) is 0.566. The molecule has 3 rings (SSSR count). The highest BCUT2D eigenvalue weighted by atomic mass is 35.5. The molecule has 5 heteroatoms. The van der Waals surface area contributed by atoms with Crippen LogP contribution in [0.25, 0.3) is 10.9 Å². The molecule has 0 fully saturated rings. The summed E-state index contributed by atoms with van der Waals surface area (Å²) in [6.45, 7) is 4.22. The fraction of sp³-hybridized carbons (Fsp3) is 0.158. The summed E-state index contributed by atoms with van der Waals surface area (Å²) >= 11 is 5.96. The van der Waals surface area contributed by atoms with Crippen molar-refractivity contribution in [1.29, 1.82) is 0 Å². The molecule has 1 aromatic heterocycles. The molecule has 1 N–H and O–H groups in total. The number of likely N-dealkylation sites (N-methyl/N-ethyl adjacent to an activating group) is 1. The van der Waals surface area contributed by atoms with E-state index in [2.05, 4.69) is 4.98 Å². The normalized spacial score (nSPS) is 10.8. The summed E-state index contributed by atoms with van der Waals surface area (Å²) in [5, 5.41) is 1.27. The van der Waals surface area contributed by atoms with Gasteiger partial charge in [-0.2, -0.15) is 0 Å². The summed E-state index contributed by atoms with van der Waals surface area (Å²) in [5.41, 5.74) is 2.85. The monoisotopic (exact) mass is 340 g/mol. The number of halogens is 1. The van der Waals surface area contributed by atoms with Gasteiger partial charge in [0.15, 0.2) is 0 Å². The second kappa shape index (κ2) is 6.49. The first-order valence-electron chi connectivity index (χ1n) is 7.70. The van der Waals surface area contributed by atoms with E-state index in [0.717, 1.165) is 16.8 Å². The number of amides is 1. The van der Waals surface area contributed by atoms with Crippen molar-refractivity contribution in [3.63, 3.8) is 0 Å². The van der Waals surface area contributed by atoms with Crippen LogP contribution in [0.15, 0.2) is 48.7 Å². The lowest BCUT2D eigenvalue weighted by Gasteiger charge is -2.20. The summed E-state index contributed by atoms with van der Waals surface area (Å²) in [7, 11) is 0. The van der Waals surface area contributed by atoms with Gasteiger partial charge in [0.05, 0.1) is 5.56 Å². The summed E-state index contributed by atoms with van der Waals surface area (Å²) in [6.07, 6.45) is 1.56. The lowest BCUT2D eigenvalue weighted by molar-refractivity contribution is -0.114. The number of aryl methyl sites for hydroxylation is 1. The van der Waals surface area contributed by atoms with Gasteiger partial charge in [-0.1, -0.05) is 29.8 Å². The average molecular weight is 341 g/mol. The Morgan fingerprint density at radius 2 is 1.96 bits per heavy atom. The van der Waals surface area contributed by atoms with Crippen LogP contribution in [0, 0.1) is 6.92 Å². The highest BCUT2D eigenvalue weighted by Crippen LogP contribution is 2.24. The molecule has 0 saturated carbocycles. The minimum atomic E-state index is -0.543.